The molecule has 1 amide bonds. The third kappa shape index (κ3) is 5.24. The minimum atomic E-state index is -0.413. The van der Waals surface area contributed by atoms with E-state index in [4.69, 9.17) is 9.47 Å². The molecule has 1 N–H and O–H groups in total. The van der Waals surface area contributed by atoms with Crippen LogP contribution in [-0.4, -0.2) is 30.5 Å². The van der Waals surface area contributed by atoms with Crippen LogP contribution in [-0.2, 0) is 0 Å². The summed E-state index contributed by atoms with van der Waals surface area (Å²) in [7, 11) is 1.52. The molecular formula is C24H21NO4S2. The molecule has 3 aromatic carbocycles. The van der Waals surface area contributed by atoms with E-state index in [-0.39, 0.29) is 5.91 Å². The first-order chi connectivity index (χ1) is 15.1. The predicted molar refractivity (Wildman–Crippen MR) is 126 cm³/mol. The Kier molecular flexibility index (Phi) is 6.84. The number of ether oxygens (including phenoxy) is 2. The number of hydrogen-bond donors (Lipinski definition) is 1. The van der Waals surface area contributed by atoms with Gasteiger partial charge in [0.05, 0.1) is 22.8 Å². The van der Waals surface area contributed by atoms with Crippen LogP contribution in [0, 0.1) is 0 Å². The van der Waals surface area contributed by atoms with Crippen LogP contribution in [0.5, 0.6) is 11.5 Å². The number of para-hydroxylation sites is 1. The van der Waals surface area contributed by atoms with Gasteiger partial charge in [-0.05, 0) is 54.1 Å². The van der Waals surface area contributed by atoms with Crippen LogP contribution in [0.2, 0.25) is 0 Å². The van der Waals surface area contributed by atoms with E-state index in [9.17, 15) is 9.59 Å². The maximum atomic E-state index is 12.5. The highest BCUT2D eigenvalue weighted by molar-refractivity contribution is 8.19. The zero-order valence-corrected chi connectivity index (χ0v) is 18.5. The molecule has 1 aliphatic rings. The lowest BCUT2D eigenvalue weighted by Gasteiger charge is -2.10. The molecule has 1 fully saturated rings. The Hall–Kier alpha value is -2.90. The van der Waals surface area contributed by atoms with Crippen LogP contribution in [0.4, 0.5) is 5.69 Å². The van der Waals surface area contributed by atoms with Crippen molar-refractivity contribution in [2.75, 3.05) is 23.9 Å². The maximum Gasteiger partial charge on any atom is 0.343 e. The second kappa shape index (κ2) is 9.94. The van der Waals surface area contributed by atoms with Crippen molar-refractivity contribution in [2.24, 2.45) is 0 Å². The highest BCUT2D eigenvalue weighted by Gasteiger charge is 2.19. The van der Waals surface area contributed by atoms with Crippen molar-refractivity contribution in [3.63, 3.8) is 0 Å². The molecular weight excluding hydrogens is 430 g/mol. The molecule has 0 unspecified atom stereocenters. The van der Waals surface area contributed by atoms with Crippen LogP contribution in [0.15, 0.2) is 72.8 Å². The fourth-order valence-corrected chi connectivity index (χ4v) is 5.99. The Labute approximate surface area is 189 Å². The summed E-state index contributed by atoms with van der Waals surface area (Å²) in [6, 6.07) is 21.3. The Morgan fingerprint density at radius 3 is 2.26 bits per heavy atom. The van der Waals surface area contributed by atoms with Crippen molar-refractivity contribution in [1.29, 1.82) is 0 Å². The smallest absolute Gasteiger partial charge is 0.343 e. The van der Waals surface area contributed by atoms with E-state index >= 15 is 0 Å². The average Bonchev–Trinajstić information content (AvgIpc) is 3.35. The SMILES string of the molecule is COc1ccccc1C(=O)Nc1ccc(OC(=O)c2ccc(C3SCCS3)cc2)cc1. The van der Waals surface area contributed by atoms with Crippen LogP contribution < -0.4 is 14.8 Å². The van der Waals surface area contributed by atoms with E-state index in [0.717, 1.165) is 11.5 Å². The zero-order valence-electron chi connectivity index (χ0n) is 16.9. The first kappa shape index (κ1) is 21.3. The predicted octanol–water partition coefficient (Wildman–Crippen LogP) is 5.65. The largest absolute Gasteiger partial charge is 0.496 e. The maximum absolute atomic E-state index is 12.5. The summed E-state index contributed by atoms with van der Waals surface area (Å²) in [5, 5.41) is 2.81. The van der Waals surface area contributed by atoms with E-state index in [2.05, 4.69) is 5.32 Å². The van der Waals surface area contributed by atoms with Gasteiger partial charge in [0.25, 0.3) is 5.91 Å². The highest BCUT2D eigenvalue weighted by atomic mass is 32.2. The molecule has 1 aliphatic heterocycles. The summed E-state index contributed by atoms with van der Waals surface area (Å²) >= 11 is 3.86. The summed E-state index contributed by atoms with van der Waals surface area (Å²) in [4.78, 5) is 24.9. The van der Waals surface area contributed by atoms with Gasteiger partial charge < -0.3 is 14.8 Å². The summed E-state index contributed by atoms with van der Waals surface area (Å²) in [6.45, 7) is 0. The van der Waals surface area contributed by atoms with Gasteiger partial charge in [0, 0.05) is 17.2 Å². The van der Waals surface area contributed by atoms with Gasteiger partial charge in [-0.15, -0.1) is 23.5 Å². The Morgan fingerprint density at radius 1 is 0.903 bits per heavy atom. The van der Waals surface area contributed by atoms with Gasteiger partial charge in [-0.2, -0.15) is 0 Å². The fourth-order valence-electron chi connectivity index (χ4n) is 3.13. The molecule has 4 rings (SSSR count). The van der Waals surface area contributed by atoms with Crippen LogP contribution in [0.3, 0.4) is 0 Å². The number of rotatable bonds is 6. The number of carbonyl (C=O) groups excluding carboxylic acids is 2. The normalized spacial score (nSPS) is 13.6. The minimum absolute atomic E-state index is 0.277. The van der Waals surface area contributed by atoms with Gasteiger partial charge in [0.15, 0.2) is 0 Å². The van der Waals surface area contributed by atoms with Crippen molar-refractivity contribution in [2.45, 2.75) is 4.58 Å². The lowest BCUT2D eigenvalue weighted by molar-refractivity contribution is 0.0734. The molecule has 0 atom stereocenters. The monoisotopic (exact) mass is 451 g/mol. The van der Waals surface area contributed by atoms with Crippen LogP contribution in [0.25, 0.3) is 0 Å². The van der Waals surface area contributed by atoms with Gasteiger partial charge in [-0.25, -0.2) is 4.79 Å². The van der Waals surface area contributed by atoms with Gasteiger partial charge in [-0.1, -0.05) is 24.3 Å². The number of nitrogens with one attached hydrogen (secondary N) is 1. The third-order valence-electron chi connectivity index (χ3n) is 4.71. The standard InChI is InChI=1S/C24H21NO4S2/c1-28-21-5-3-2-4-20(21)22(26)25-18-10-12-19(13-11-18)29-23(27)16-6-8-17(9-7-16)24-30-14-15-31-24/h2-13,24H,14-15H2,1H3,(H,25,26). The van der Waals surface area contributed by atoms with Gasteiger partial charge in [0.2, 0.25) is 0 Å². The van der Waals surface area contributed by atoms with Crippen molar-refractivity contribution >= 4 is 41.1 Å². The number of esters is 1. The molecule has 31 heavy (non-hydrogen) atoms. The Balaban J connectivity index is 1.37. The summed E-state index contributed by atoms with van der Waals surface area (Å²) < 4.78 is 11.1. The summed E-state index contributed by atoms with van der Waals surface area (Å²) in [5.74, 6) is 2.54. The number of thioether (sulfide) groups is 2. The van der Waals surface area contributed by atoms with E-state index in [1.165, 1.54) is 12.7 Å². The Morgan fingerprint density at radius 2 is 1.58 bits per heavy atom. The first-order valence-electron chi connectivity index (χ1n) is 9.74. The minimum Gasteiger partial charge on any atom is -0.496 e. The second-order valence-corrected chi connectivity index (χ2v) is 9.49. The molecule has 0 bridgehead atoms. The number of amides is 1. The van der Waals surface area contributed by atoms with E-state index in [0.29, 0.717) is 32.9 Å². The molecule has 158 valence electrons. The first-order valence-corrected chi connectivity index (χ1v) is 11.8. The van der Waals surface area contributed by atoms with Crippen molar-refractivity contribution in [3.8, 4) is 11.5 Å². The molecule has 0 aliphatic carbocycles. The Bertz CT molecular complexity index is 1060. The van der Waals surface area contributed by atoms with Crippen molar-refractivity contribution < 1.29 is 19.1 Å². The molecule has 3 aromatic rings. The quantitative estimate of drug-likeness (QED) is 0.386. The number of carbonyl (C=O) groups is 2. The molecule has 1 heterocycles. The number of methoxy groups -OCH3 is 1. The lowest BCUT2D eigenvalue weighted by Crippen LogP contribution is -2.13. The molecule has 5 nitrogen and oxygen atoms in total. The fraction of sp³-hybridized carbons (Fsp3) is 0.167. The van der Waals surface area contributed by atoms with Gasteiger partial charge in [-0.3, -0.25) is 4.79 Å². The average molecular weight is 452 g/mol. The molecule has 0 saturated carbocycles. The topological polar surface area (TPSA) is 64.6 Å². The van der Waals surface area contributed by atoms with E-state index in [1.807, 2.05) is 35.7 Å². The van der Waals surface area contributed by atoms with Crippen LogP contribution >= 0.6 is 23.5 Å². The molecule has 0 spiro atoms. The molecule has 0 aromatic heterocycles. The molecule has 7 heteroatoms. The van der Waals surface area contributed by atoms with Crippen molar-refractivity contribution in [1.82, 2.24) is 0 Å². The zero-order chi connectivity index (χ0) is 21.6. The van der Waals surface area contributed by atoms with Gasteiger partial charge in [0.1, 0.15) is 11.5 Å². The highest BCUT2D eigenvalue weighted by Crippen LogP contribution is 2.45. The number of benzene rings is 3. The molecule has 1 saturated heterocycles. The van der Waals surface area contributed by atoms with E-state index in [1.54, 1.807) is 60.7 Å². The van der Waals surface area contributed by atoms with E-state index < -0.39 is 5.97 Å². The second-order valence-electron chi connectivity index (χ2n) is 6.76. The molecule has 0 radical (unpaired) electrons. The van der Waals surface area contributed by atoms with Crippen molar-refractivity contribution in [3.05, 3.63) is 89.5 Å². The lowest BCUT2D eigenvalue weighted by atomic mass is 10.1. The van der Waals surface area contributed by atoms with Crippen LogP contribution in [0.1, 0.15) is 30.9 Å². The summed E-state index contributed by atoms with van der Waals surface area (Å²) in [6.07, 6.45) is 0. The van der Waals surface area contributed by atoms with Gasteiger partial charge >= 0.3 is 5.97 Å². The summed E-state index contributed by atoms with van der Waals surface area (Å²) in [5.41, 5.74) is 2.76. The third-order valence-corrected chi connectivity index (χ3v) is 7.82. The number of hydrogen-bond acceptors (Lipinski definition) is 6. The number of anilines is 1.